The second kappa shape index (κ2) is 14.0. The van der Waals surface area contributed by atoms with Gasteiger partial charge in [-0.15, -0.1) is 0 Å². The van der Waals surface area contributed by atoms with Crippen LogP contribution in [0.25, 0.3) is 6.08 Å². The molecule has 1 aliphatic rings. The lowest BCUT2D eigenvalue weighted by Crippen LogP contribution is -2.40. The molecule has 1 amide bonds. The van der Waals surface area contributed by atoms with Crippen LogP contribution in [-0.2, 0) is 19.6 Å². The SMILES string of the molecule is CCOC(=O)CS(=O)(=O)N(C/C=C/c1cccc(C(=N)N)c1)c1cc(C(N)=O)c(OC2CCN(C(C)=N)CC2)cc1C. The lowest BCUT2D eigenvalue weighted by atomic mass is 10.1. The number of benzene rings is 2. The number of esters is 1. The van der Waals surface area contributed by atoms with Crippen LogP contribution in [0, 0.1) is 17.7 Å². The first kappa shape index (κ1) is 32.1. The number of nitrogens with two attached hydrogens (primary N) is 2. The predicted octanol–water partition coefficient (Wildman–Crippen LogP) is 2.63. The summed E-state index contributed by atoms with van der Waals surface area (Å²) in [5, 5.41) is 15.5. The summed E-state index contributed by atoms with van der Waals surface area (Å²) >= 11 is 0. The monoisotopic (exact) mass is 598 g/mol. The van der Waals surface area contributed by atoms with Crippen LogP contribution in [0.3, 0.4) is 0 Å². The highest BCUT2D eigenvalue weighted by atomic mass is 32.2. The van der Waals surface area contributed by atoms with Gasteiger partial charge >= 0.3 is 5.97 Å². The summed E-state index contributed by atoms with van der Waals surface area (Å²) < 4.78 is 39.1. The number of likely N-dealkylation sites (tertiary alicyclic amines) is 1. The maximum Gasteiger partial charge on any atom is 0.323 e. The third kappa shape index (κ3) is 8.32. The number of amides is 1. The zero-order valence-electron chi connectivity index (χ0n) is 24.1. The minimum absolute atomic E-state index is 0.00994. The van der Waals surface area contributed by atoms with E-state index in [-0.39, 0.29) is 42.1 Å². The van der Waals surface area contributed by atoms with Gasteiger partial charge in [0.1, 0.15) is 17.7 Å². The number of nitrogens with zero attached hydrogens (tertiary/aromatic N) is 2. The van der Waals surface area contributed by atoms with Crippen LogP contribution >= 0.6 is 0 Å². The fourth-order valence-electron chi connectivity index (χ4n) is 4.60. The van der Waals surface area contributed by atoms with Crippen molar-refractivity contribution < 1.29 is 27.5 Å². The number of anilines is 1. The Morgan fingerprint density at radius 3 is 2.43 bits per heavy atom. The Morgan fingerprint density at radius 1 is 1.14 bits per heavy atom. The minimum atomic E-state index is -4.26. The normalized spacial score (nSPS) is 14.0. The number of hydrogen-bond donors (Lipinski definition) is 4. The van der Waals surface area contributed by atoms with E-state index in [1.165, 1.54) is 6.07 Å². The van der Waals surface area contributed by atoms with Gasteiger partial charge in [0.05, 0.1) is 30.2 Å². The van der Waals surface area contributed by atoms with E-state index in [9.17, 15) is 18.0 Å². The molecule has 0 atom stereocenters. The van der Waals surface area contributed by atoms with Crippen molar-refractivity contribution in [1.29, 1.82) is 10.8 Å². The van der Waals surface area contributed by atoms with E-state index in [1.807, 2.05) is 4.90 Å². The number of carbonyl (C=O) groups is 2. The van der Waals surface area contributed by atoms with Gasteiger partial charge in [-0.2, -0.15) is 0 Å². The van der Waals surface area contributed by atoms with Crippen molar-refractivity contribution in [3.05, 3.63) is 64.7 Å². The van der Waals surface area contributed by atoms with E-state index < -0.39 is 27.7 Å². The van der Waals surface area contributed by atoms with Crippen molar-refractivity contribution in [1.82, 2.24) is 4.90 Å². The molecule has 0 aliphatic carbocycles. The number of rotatable bonds is 12. The Bertz CT molecular complexity index is 1480. The number of sulfonamides is 1. The molecule has 0 radical (unpaired) electrons. The predicted molar refractivity (Wildman–Crippen MR) is 163 cm³/mol. The van der Waals surface area contributed by atoms with Crippen molar-refractivity contribution in [3.8, 4) is 5.75 Å². The molecule has 1 saturated heterocycles. The molecule has 1 fully saturated rings. The topological polar surface area (TPSA) is 193 Å². The smallest absolute Gasteiger partial charge is 0.323 e. The van der Waals surface area contributed by atoms with E-state index in [1.54, 1.807) is 63.3 Å². The molecule has 0 unspecified atom stereocenters. The molecule has 2 aromatic rings. The number of ether oxygens (including phenoxy) is 2. The Morgan fingerprint density at radius 2 is 1.83 bits per heavy atom. The Labute approximate surface area is 246 Å². The summed E-state index contributed by atoms with van der Waals surface area (Å²) in [6.45, 7) is 6.13. The number of aryl methyl sites for hydroxylation is 1. The molecule has 0 saturated carbocycles. The molecule has 6 N–H and O–H groups in total. The first-order valence-corrected chi connectivity index (χ1v) is 15.1. The first-order valence-electron chi connectivity index (χ1n) is 13.5. The Kier molecular flexibility index (Phi) is 10.7. The third-order valence-corrected chi connectivity index (χ3v) is 8.38. The fraction of sp³-hybridized carbons (Fsp3) is 0.379. The van der Waals surface area contributed by atoms with Crippen LogP contribution in [0.1, 0.15) is 53.7 Å². The molecule has 13 heteroatoms. The van der Waals surface area contributed by atoms with Crippen molar-refractivity contribution in [2.75, 3.05) is 36.3 Å². The van der Waals surface area contributed by atoms with E-state index in [2.05, 4.69) is 0 Å². The number of hydrogen-bond acceptors (Lipinski definition) is 8. The Balaban J connectivity index is 1.97. The van der Waals surface area contributed by atoms with Crippen LogP contribution in [0.15, 0.2) is 42.5 Å². The molecule has 12 nitrogen and oxygen atoms in total. The highest BCUT2D eigenvalue weighted by Gasteiger charge is 2.29. The van der Waals surface area contributed by atoms with Gasteiger partial charge in [0.2, 0.25) is 10.0 Å². The number of primary amides is 1. The van der Waals surface area contributed by atoms with Gasteiger partial charge in [-0.25, -0.2) is 8.42 Å². The molecule has 226 valence electrons. The number of nitrogen functional groups attached to an aromatic ring is 1. The van der Waals surface area contributed by atoms with Crippen molar-refractivity contribution >= 4 is 45.3 Å². The van der Waals surface area contributed by atoms with Gasteiger partial charge in [0, 0.05) is 31.5 Å². The molecule has 42 heavy (non-hydrogen) atoms. The number of carbonyl (C=O) groups excluding carboxylic acids is 2. The quantitative estimate of drug-likeness (QED) is 0.163. The molecule has 0 aromatic heterocycles. The molecule has 1 heterocycles. The fourth-order valence-corrected chi connectivity index (χ4v) is 5.95. The van der Waals surface area contributed by atoms with E-state index in [0.717, 1.165) is 4.31 Å². The van der Waals surface area contributed by atoms with Crippen LogP contribution in [0.5, 0.6) is 5.75 Å². The van der Waals surface area contributed by atoms with Gasteiger partial charge in [-0.05, 0) is 50.1 Å². The summed E-state index contributed by atoms with van der Waals surface area (Å²) in [6.07, 6.45) is 4.34. The molecular weight excluding hydrogens is 560 g/mol. The minimum Gasteiger partial charge on any atom is -0.489 e. The molecule has 2 aromatic carbocycles. The van der Waals surface area contributed by atoms with Crippen molar-refractivity contribution in [3.63, 3.8) is 0 Å². The van der Waals surface area contributed by atoms with Gasteiger partial charge < -0.3 is 25.8 Å². The van der Waals surface area contributed by atoms with Gasteiger partial charge in [0.15, 0.2) is 5.75 Å². The Hall–Kier alpha value is -4.39. The summed E-state index contributed by atoms with van der Waals surface area (Å²) in [4.78, 5) is 26.7. The highest BCUT2D eigenvalue weighted by molar-refractivity contribution is 7.93. The number of nitrogens with one attached hydrogen (secondary N) is 2. The van der Waals surface area contributed by atoms with Crippen LogP contribution in [0.2, 0.25) is 0 Å². The van der Waals surface area contributed by atoms with Crippen molar-refractivity contribution in [2.45, 2.75) is 39.7 Å². The van der Waals surface area contributed by atoms with Crippen LogP contribution in [-0.4, -0.2) is 75.0 Å². The zero-order chi connectivity index (χ0) is 31.0. The first-order chi connectivity index (χ1) is 19.8. The lowest BCUT2D eigenvalue weighted by Gasteiger charge is -2.33. The highest BCUT2D eigenvalue weighted by Crippen LogP contribution is 2.33. The maximum atomic E-state index is 13.5. The largest absolute Gasteiger partial charge is 0.489 e. The van der Waals surface area contributed by atoms with Gasteiger partial charge in [0.25, 0.3) is 5.91 Å². The summed E-state index contributed by atoms with van der Waals surface area (Å²) in [7, 11) is -4.26. The zero-order valence-corrected chi connectivity index (χ0v) is 24.9. The third-order valence-electron chi connectivity index (χ3n) is 6.76. The van der Waals surface area contributed by atoms with E-state index in [4.69, 9.17) is 31.8 Å². The second-order valence-corrected chi connectivity index (χ2v) is 11.8. The van der Waals surface area contributed by atoms with E-state index >= 15 is 0 Å². The maximum absolute atomic E-state index is 13.5. The summed E-state index contributed by atoms with van der Waals surface area (Å²) in [6, 6.07) is 9.83. The average Bonchev–Trinajstić information content (AvgIpc) is 2.91. The molecule has 0 bridgehead atoms. The average molecular weight is 599 g/mol. The van der Waals surface area contributed by atoms with Gasteiger partial charge in [-0.3, -0.25) is 24.7 Å². The second-order valence-electron chi connectivity index (χ2n) is 9.92. The molecule has 0 spiro atoms. The number of piperidine rings is 1. The molecule has 1 aliphatic heterocycles. The lowest BCUT2D eigenvalue weighted by molar-refractivity contribution is -0.139. The molecule has 3 rings (SSSR count). The van der Waals surface area contributed by atoms with Crippen LogP contribution < -0.4 is 20.5 Å². The molecular formula is C29H38N6O6S. The van der Waals surface area contributed by atoms with Gasteiger partial charge in [-0.1, -0.05) is 30.4 Å². The van der Waals surface area contributed by atoms with E-state index in [0.29, 0.717) is 48.5 Å². The summed E-state index contributed by atoms with van der Waals surface area (Å²) in [5.41, 5.74) is 13.1. The van der Waals surface area contributed by atoms with Crippen molar-refractivity contribution in [2.24, 2.45) is 11.5 Å². The number of amidine groups is 2. The summed E-state index contributed by atoms with van der Waals surface area (Å²) in [5.74, 6) is -1.97. The standard InChI is InChI=1S/C29H38N6O6S/c1-4-40-27(36)18-42(38,39)35(12-6-8-21-7-5-9-22(16-21)28(31)32)25-17-24(29(33)37)26(15-19(25)2)41-23-10-13-34(14-11-23)20(3)30/h5-9,15-17,23,30H,4,10-14,18H2,1-3H3,(H3,31,32)(H2,33,37)/b8-6+,30-20?. The van der Waals surface area contributed by atoms with Crippen LogP contribution in [0.4, 0.5) is 5.69 Å².